The van der Waals surface area contributed by atoms with Crippen LogP contribution in [0.3, 0.4) is 0 Å². The van der Waals surface area contributed by atoms with E-state index in [0.717, 1.165) is 13.1 Å². The van der Waals surface area contributed by atoms with Gasteiger partial charge >= 0.3 is 0 Å². The highest BCUT2D eigenvalue weighted by Crippen LogP contribution is 2.33. The van der Waals surface area contributed by atoms with Gasteiger partial charge in [-0.3, -0.25) is 0 Å². The number of rotatable bonds is 6. The average molecular weight is 262 g/mol. The second-order valence-corrected chi connectivity index (χ2v) is 6.38. The van der Waals surface area contributed by atoms with Crippen molar-refractivity contribution in [3.63, 3.8) is 0 Å². The molecule has 1 aromatic rings. The fourth-order valence-corrected chi connectivity index (χ4v) is 2.29. The maximum absolute atomic E-state index is 9.27. The van der Waals surface area contributed by atoms with E-state index >= 15 is 0 Å². The van der Waals surface area contributed by atoms with E-state index in [1.165, 1.54) is 24.1 Å². The molecule has 0 bridgehead atoms. The lowest BCUT2D eigenvalue weighted by atomic mass is 10.1. The van der Waals surface area contributed by atoms with Gasteiger partial charge in [0, 0.05) is 30.4 Å². The second-order valence-electron chi connectivity index (χ2n) is 6.38. The smallest absolute Gasteiger partial charge is 0.0606 e. The van der Waals surface area contributed by atoms with Crippen molar-refractivity contribution in [3.05, 3.63) is 29.8 Å². The average Bonchev–Trinajstić information content (AvgIpc) is 3.17. The molecule has 106 valence electrons. The molecule has 1 aromatic carbocycles. The molecule has 2 rings (SSSR count). The molecule has 1 saturated carbocycles. The van der Waals surface area contributed by atoms with Crippen LogP contribution in [0, 0.1) is 0 Å². The fraction of sp³-hybridized carbons (Fsp3) is 0.625. The minimum absolute atomic E-state index is 0.120. The van der Waals surface area contributed by atoms with Crippen molar-refractivity contribution in [2.75, 3.05) is 18.1 Å². The number of hydrogen-bond donors (Lipinski definition) is 2. The van der Waals surface area contributed by atoms with Gasteiger partial charge in [-0.2, -0.15) is 0 Å². The molecule has 1 aliphatic carbocycles. The third kappa shape index (κ3) is 4.22. The van der Waals surface area contributed by atoms with Crippen LogP contribution in [0.15, 0.2) is 24.3 Å². The zero-order valence-corrected chi connectivity index (χ0v) is 12.3. The Morgan fingerprint density at radius 2 is 1.95 bits per heavy atom. The van der Waals surface area contributed by atoms with Crippen molar-refractivity contribution in [3.8, 4) is 0 Å². The fourth-order valence-electron chi connectivity index (χ4n) is 2.29. The number of anilines is 1. The first-order valence-corrected chi connectivity index (χ1v) is 7.22. The molecule has 0 radical (unpaired) electrons. The molecule has 0 spiro atoms. The van der Waals surface area contributed by atoms with Crippen molar-refractivity contribution < 1.29 is 5.11 Å². The van der Waals surface area contributed by atoms with Crippen LogP contribution in [0.25, 0.3) is 0 Å². The van der Waals surface area contributed by atoms with Crippen LogP contribution in [0.5, 0.6) is 0 Å². The van der Waals surface area contributed by atoms with E-state index < -0.39 is 0 Å². The normalized spacial score (nSPS) is 15.6. The number of nitrogens with zero attached hydrogens (tertiary/aromatic N) is 1. The molecule has 2 N–H and O–H groups in total. The molecule has 1 fully saturated rings. The lowest BCUT2D eigenvalue weighted by Crippen LogP contribution is -2.36. The minimum atomic E-state index is 0.120. The lowest BCUT2D eigenvalue weighted by Gasteiger charge is -2.28. The largest absolute Gasteiger partial charge is 0.395 e. The predicted molar refractivity (Wildman–Crippen MR) is 80.5 cm³/mol. The Balaban J connectivity index is 2.14. The number of aliphatic hydroxyl groups is 1. The highest BCUT2D eigenvalue weighted by Gasteiger charge is 2.29. The summed E-state index contributed by atoms with van der Waals surface area (Å²) in [6.07, 6.45) is 2.50. The molecule has 3 nitrogen and oxygen atoms in total. The Morgan fingerprint density at radius 3 is 2.53 bits per heavy atom. The van der Waals surface area contributed by atoms with Crippen LogP contribution in [0.1, 0.15) is 39.2 Å². The first-order chi connectivity index (χ1) is 9.01. The zero-order valence-electron chi connectivity index (χ0n) is 12.3. The number of para-hydroxylation sites is 1. The zero-order chi connectivity index (χ0) is 13.9. The lowest BCUT2D eigenvalue weighted by molar-refractivity contribution is 0.301. The van der Waals surface area contributed by atoms with Crippen molar-refractivity contribution in [2.45, 2.75) is 51.7 Å². The van der Waals surface area contributed by atoms with E-state index in [2.05, 4.69) is 55.3 Å². The van der Waals surface area contributed by atoms with Crippen molar-refractivity contribution in [1.29, 1.82) is 0 Å². The summed E-state index contributed by atoms with van der Waals surface area (Å²) in [5, 5.41) is 12.8. The van der Waals surface area contributed by atoms with Crippen LogP contribution in [-0.2, 0) is 6.54 Å². The molecule has 0 atom stereocenters. The van der Waals surface area contributed by atoms with Gasteiger partial charge in [-0.15, -0.1) is 0 Å². The highest BCUT2D eigenvalue weighted by atomic mass is 16.3. The summed E-state index contributed by atoms with van der Waals surface area (Å²) >= 11 is 0. The second kappa shape index (κ2) is 5.93. The van der Waals surface area contributed by atoms with Crippen LogP contribution < -0.4 is 10.2 Å². The number of nitrogens with one attached hydrogen (secondary N) is 1. The number of aliphatic hydroxyl groups excluding tert-OH is 1. The molecule has 3 heteroatoms. The van der Waals surface area contributed by atoms with Crippen molar-refractivity contribution >= 4 is 5.69 Å². The number of benzene rings is 1. The molecule has 1 aliphatic rings. The summed E-state index contributed by atoms with van der Waals surface area (Å²) < 4.78 is 0. The van der Waals surface area contributed by atoms with Crippen LogP contribution in [0.2, 0.25) is 0 Å². The van der Waals surface area contributed by atoms with Crippen LogP contribution >= 0.6 is 0 Å². The summed E-state index contributed by atoms with van der Waals surface area (Å²) in [6.45, 7) is 8.37. The third-order valence-corrected chi connectivity index (χ3v) is 3.44. The van der Waals surface area contributed by atoms with Crippen LogP contribution in [-0.4, -0.2) is 29.8 Å². The summed E-state index contributed by atoms with van der Waals surface area (Å²) in [5.74, 6) is 0. The minimum Gasteiger partial charge on any atom is -0.395 e. The Morgan fingerprint density at radius 1 is 1.26 bits per heavy atom. The van der Waals surface area contributed by atoms with E-state index in [-0.39, 0.29) is 12.1 Å². The van der Waals surface area contributed by atoms with Gasteiger partial charge in [-0.1, -0.05) is 18.2 Å². The first-order valence-electron chi connectivity index (χ1n) is 7.22. The topological polar surface area (TPSA) is 35.5 Å². The standard InChI is InChI=1S/C16H26N2O/c1-16(2,3)17-12-13-6-4-5-7-15(13)18(10-11-19)14-8-9-14/h4-7,14,17,19H,8-12H2,1-3H3. The third-order valence-electron chi connectivity index (χ3n) is 3.44. The Hall–Kier alpha value is -1.06. The van der Waals surface area contributed by atoms with Crippen molar-refractivity contribution in [2.24, 2.45) is 0 Å². The molecule has 19 heavy (non-hydrogen) atoms. The Kier molecular flexibility index (Phi) is 4.48. The van der Waals surface area contributed by atoms with Gasteiger partial charge in [0.1, 0.15) is 0 Å². The van der Waals surface area contributed by atoms with E-state index in [4.69, 9.17) is 0 Å². The van der Waals surface area contributed by atoms with Gasteiger partial charge < -0.3 is 15.3 Å². The monoisotopic (exact) mass is 262 g/mol. The van der Waals surface area contributed by atoms with Gasteiger partial charge in [0.2, 0.25) is 0 Å². The van der Waals surface area contributed by atoms with Gasteiger partial charge in [-0.25, -0.2) is 0 Å². The van der Waals surface area contributed by atoms with Crippen molar-refractivity contribution in [1.82, 2.24) is 5.32 Å². The summed E-state index contributed by atoms with van der Waals surface area (Å²) in [7, 11) is 0. The number of hydrogen-bond acceptors (Lipinski definition) is 3. The molecule has 0 amide bonds. The summed E-state index contributed by atoms with van der Waals surface area (Å²) in [6, 6.07) is 9.16. The Labute approximate surface area is 116 Å². The van der Waals surface area contributed by atoms with Crippen LogP contribution in [0.4, 0.5) is 5.69 Å². The van der Waals surface area contributed by atoms with E-state index in [0.29, 0.717) is 6.04 Å². The molecule has 0 heterocycles. The quantitative estimate of drug-likeness (QED) is 0.827. The van der Waals surface area contributed by atoms with Gasteiger partial charge in [0.05, 0.1) is 6.61 Å². The highest BCUT2D eigenvalue weighted by molar-refractivity contribution is 5.55. The SMILES string of the molecule is CC(C)(C)NCc1ccccc1N(CCO)C1CC1. The molecule has 0 aliphatic heterocycles. The molecular weight excluding hydrogens is 236 g/mol. The first kappa shape index (κ1) is 14.4. The summed E-state index contributed by atoms with van der Waals surface area (Å²) in [4.78, 5) is 2.36. The maximum Gasteiger partial charge on any atom is 0.0606 e. The van der Waals surface area contributed by atoms with E-state index in [1.807, 2.05) is 0 Å². The van der Waals surface area contributed by atoms with E-state index in [1.54, 1.807) is 0 Å². The van der Waals surface area contributed by atoms with Gasteiger partial charge in [-0.05, 0) is 45.2 Å². The molecule has 0 unspecified atom stereocenters. The van der Waals surface area contributed by atoms with E-state index in [9.17, 15) is 5.11 Å². The summed E-state index contributed by atoms with van der Waals surface area (Å²) in [5.41, 5.74) is 2.71. The van der Waals surface area contributed by atoms with Gasteiger partial charge in [0.25, 0.3) is 0 Å². The predicted octanol–water partition coefficient (Wildman–Crippen LogP) is 2.54. The Bertz CT molecular complexity index is 407. The van der Waals surface area contributed by atoms with Gasteiger partial charge in [0.15, 0.2) is 0 Å². The molecule has 0 saturated heterocycles. The molecule has 0 aromatic heterocycles. The molecular formula is C16H26N2O. The maximum atomic E-state index is 9.27.